The van der Waals surface area contributed by atoms with Gasteiger partial charge in [-0.3, -0.25) is 19.7 Å². The van der Waals surface area contributed by atoms with Gasteiger partial charge in [0, 0.05) is 17.7 Å². The van der Waals surface area contributed by atoms with Crippen molar-refractivity contribution in [2.45, 2.75) is 6.92 Å². The van der Waals surface area contributed by atoms with E-state index in [4.69, 9.17) is 32.8 Å². The van der Waals surface area contributed by atoms with Gasteiger partial charge in [-0.1, -0.05) is 12.1 Å². The number of carbonyl (C=O) groups is 2. The fourth-order valence-electron chi connectivity index (χ4n) is 4.62. The number of nitrogens with one attached hydrogen (secondary N) is 1. The summed E-state index contributed by atoms with van der Waals surface area (Å²) in [5.41, 5.74) is 1.81. The summed E-state index contributed by atoms with van der Waals surface area (Å²) >= 11 is 0.876. The second kappa shape index (κ2) is 13.0. The van der Waals surface area contributed by atoms with Crippen LogP contribution in [0.3, 0.4) is 0 Å². The van der Waals surface area contributed by atoms with Crippen LogP contribution in [0.25, 0.3) is 27.9 Å². The lowest BCUT2D eigenvalue weighted by Crippen LogP contribution is -2.18. The first-order valence-electron chi connectivity index (χ1n) is 13.3. The number of amides is 2. The number of rotatable bonds is 11. The monoisotopic (exact) mass is 619 g/mol. The van der Waals surface area contributed by atoms with Gasteiger partial charge in [0.2, 0.25) is 11.2 Å². The van der Waals surface area contributed by atoms with E-state index < -0.39 is 16.6 Å². The highest BCUT2D eigenvalue weighted by molar-refractivity contribution is 8.18. The molecule has 2 heterocycles. The molecule has 3 aromatic carbocycles. The Morgan fingerprint density at radius 3 is 2.11 bits per heavy atom. The quantitative estimate of drug-likeness (QED) is 0.165. The molecule has 11 nitrogen and oxygen atoms in total. The van der Waals surface area contributed by atoms with Crippen molar-refractivity contribution < 1.29 is 42.4 Å². The van der Waals surface area contributed by atoms with E-state index in [9.17, 15) is 14.4 Å². The molecule has 0 spiro atoms. The van der Waals surface area contributed by atoms with Crippen LogP contribution in [0.1, 0.15) is 12.5 Å². The van der Waals surface area contributed by atoms with E-state index in [-0.39, 0.29) is 41.4 Å². The summed E-state index contributed by atoms with van der Waals surface area (Å²) in [5.74, 6) is 1.97. The van der Waals surface area contributed by atoms with Gasteiger partial charge in [0.25, 0.3) is 11.1 Å². The number of thioether (sulfide) groups is 1. The zero-order chi connectivity index (χ0) is 31.4. The number of allylic oxidation sites excluding steroid dienone is 1. The average molecular weight is 620 g/mol. The lowest BCUT2D eigenvalue weighted by atomic mass is 10.1. The molecule has 0 radical (unpaired) electrons. The molecule has 1 aliphatic heterocycles. The number of ether oxygens (including phenoxy) is 6. The topological polar surface area (TPSA) is 132 Å². The molecule has 2 amide bonds. The summed E-state index contributed by atoms with van der Waals surface area (Å²) in [7, 11) is 6.00. The zero-order valence-electron chi connectivity index (χ0n) is 24.6. The molecule has 1 fully saturated rings. The molecule has 4 aromatic rings. The Balaban J connectivity index is 1.41. The van der Waals surface area contributed by atoms with E-state index in [1.54, 1.807) is 61.5 Å². The third kappa shape index (κ3) is 6.02. The summed E-state index contributed by atoms with van der Waals surface area (Å²) in [6.45, 7) is 1.90. The number of hydrogen-bond acceptors (Lipinski definition) is 11. The fraction of sp³-hybridized carbons (Fsp3) is 0.219. The molecule has 12 heteroatoms. The van der Waals surface area contributed by atoms with Crippen molar-refractivity contribution in [1.82, 2.24) is 5.32 Å². The first-order chi connectivity index (χ1) is 21.3. The Labute approximate surface area is 256 Å². The minimum Gasteiger partial charge on any atom is -0.496 e. The summed E-state index contributed by atoms with van der Waals surface area (Å²) in [6.07, 6.45) is 0. The maximum absolute atomic E-state index is 13.8. The van der Waals surface area contributed by atoms with Crippen LogP contribution in [0.2, 0.25) is 0 Å². The van der Waals surface area contributed by atoms with Gasteiger partial charge >= 0.3 is 0 Å². The van der Waals surface area contributed by atoms with E-state index >= 15 is 0 Å². The van der Waals surface area contributed by atoms with Crippen molar-refractivity contribution in [1.29, 1.82) is 0 Å². The zero-order valence-corrected chi connectivity index (χ0v) is 25.4. The lowest BCUT2D eigenvalue weighted by molar-refractivity contribution is -0.115. The number of carbonyl (C=O) groups excluding carboxylic acids is 2. The van der Waals surface area contributed by atoms with Crippen LogP contribution in [0.5, 0.6) is 34.5 Å². The van der Waals surface area contributed by atoms with Crippen molar-refractivity contribution in [3.8, 4) is 45.8 Å². The van der Waals surface area contributed by atoms with Crippen molar-refractivity contribution in [2.24, 2.45) is 0 Å². The Hall–Kier alpha value is -5.10. The minimum atomic E-state index is -0.435. The second-order valence-corrected chi connectivity index (χ2v) is 10.4. The third-order valence-corrected chi connectivity index (χ3v) is 7.82. The maximum Gasteiger partial charge on any atom is 0.290 e. The molecular weight excluding hydrogens is 590 g/mol. The van der Waals surface area contributed by atoms with Crippen LogP contribution < -0.4 is 39.2 Å². The third-order valence-electron chi connectivity index (χ3n) is 6.84. The number of hydrogen-bond donors (Lipinski definition) is 1. The van der Waals surface area contributed by atoms with E-state index in [2.05, 4.69) is 5.32 Å². The fourth-order valence-corrected chi connectivity index (χ4v) is 5.36. The molecular formula is C32H29NO10S. The summed E-state index contributed by atoms with van der Waals surface area (Å²) in [6, 6.07) is 15.4. The Morgan fingerprint density at radius 2 is 1.48 bits per heavy atom. The number of benzene rings is 3. The number of imide groups is 1. The molecule has 1 saturated heterocycles. The predicted molar refractivity (Wildman–Crippen MR) is 165 cm³/mol. The van der Waals surface area contributed by atoms with E-state index in [1.807, 2.05) is 0 Å². The van der Waals surface area contributed by atoms with E-state index in [0.29, 0.717) is 39.0 Å². The van der Waals surface area contributed by atoms with Gasteiger partial charge in [-0.05, 0) is 60.2 Å². The van der Waals surface area contributed by atoms with Crippen LogP contribution in [-0.4, -0.2) is 52.8 Å². The Kier molecular flexibility index (Phi) is 9.00. The molecule has 0 atom stereocenters. The highest BCUT2D eigenvalue weighted by Gasteiger charge is 2.27. The minimum absolute atomic E-state index is 0.0127. The standard InChI is InChI=1S/C32H29NO10S/c1-17(30-31(35)33-32(36)44-30)18-6-9-20(10-7-18)41-12-13-42-29-27(34)26-24(40-5)15-21(37-2)16-25(26)43-28(29)19-8-11-22(38-3)23(14-19)39-4/h6-11,14-16H,12-13H2,1-5H3,(H,33,35,36). The molecule has 0 bridgehead atoms. The molecule has 0 aliphatic carbocycles. The summed E-state index contributed by atoms with van der Waals surface area (Å²) < 4.78 is 39.8. The number of fused-ring (bicyclic) bond motifs is 1. The van der Waals surface area contributed by atoms with Gasteiger partial charge in [-0.25, -0.2) is 0 Å². The highest BCUT2D eigenvalue weighted by atomic mass is 32.2. The molecule has 1 aromatic heterocycles. The van der Waals surface area contributed by atoms with Gasteiger partial charge in [0.15, 0.2) is 17.3 Å². The lowest BCUT2D eigenvalue weighted by Gasteiger charge is -2.15. The SMILES string of the molecule is COc1cc(OC)c2c(=O)c(OCCOc3ccc(C(C)=C4SC(=O)NC4=O)cc3)c(-c3ccc(OC)c(OC)c3)oc2c1. The summed E-state index contributed by atoms with van der Waals surface area (Å²) in [4.78, 5) is 37.7. The number of methoxy groups -OCH3 is 4. The largest absolute Gasteiger partial charge is 0.496 e. The van der Waals surface area contributed by atoms with Crippen molar-refractivity contribution in [3.63, 3.8) is 0 Å². The van der Waals surface area contributed by atoms with Crippen molar-refractivity contribution in [3.05, 3.63) is 75.3 Å². The predicted octanol–water partition coefficient (Wildman–Crippen LogP) is 5.67. The average Bonchev–Trinajstić information content (AvgIpc) is 3.39. The molecule has 1 N–H and O–H groups in total. The van der Waals surface area contributed by atoms with E-state index in [0.717, 1.165) is 17.3 Å². The molecule has 1 aliphatic rings. The Bertz CT molecular complexity index is 1830. The van der Waals surface area contributed by atoms with Crippen molar-refractivity contribution >= 4 is 39.5 Å². The summed E-state index contributed by atoms with van der Waals surface area (Å²) in [5, 5.41) is 2.07. The smallest absolute Gasteiger partial charge is 0.290 e. The van der Waals surface area contributed by atoms with Gasteiger partial charge in [-0.2, -0.15) is 0 Å². The molecule has 0 saturated carbocycles. The molecule has 5 rings (SSSR count). The first-order valence-corrected chi connectivity index (χ1v) is 14.1. The van der Waals surface area contributed by atoms with Gasteiger partial charge in [0.1, 0.15) is 41.4 Å². The molecule has 228 valence electrons. The van der Waals surface area contributed by atoms with Crippen LogP contribution >= 0.6 is 11.8 Å². The van der Waals surface area contributed by atoms with Crippen LogP contribution in [0.4, 0.5) is 4.79 Å². The Morgan fingerprint density at radius 1 is 0.773 bits per heavy atom. The van der Waals surface area contributed by atoms with E-state index in [1.165, 1.54) is 28.4 Å². The van der Waals surface area contributed by atoms with Crippen molar-refractivity contribution in [2.75, 3.05) is 41.7 Å². The normalized spacial score (nSPS) is 13.8. The van der Waals surface area contributed by atoms with Gasteiger partial charge < -0.3 is 32.8 Å². The van der Waals surface area contributed by atoms with Gasteiger partial charge in [0.05, 0.1) is 33.3 Å². The van der Waals surface area contributed by atoms with Crippen LogP contribution in [-0.2, 0) is 4.79 Å². The maximum atomic E-state index is 13.8. The second-order valence-electron chi connectivity index (χ2n) is 9.38. The highest BCUT2D eigenvalue weighted by Crippen LogP contribution is 2.39. The van der Waals surface area contributed by atoms with Crippen LogP contribution in [0.15, 0.2) is 68.7 Å². The molecule has 44 heavy (non-hydrogen) atoms. The molecule has 0 unspecified atom stereocenters. The first kappa shape index (κ1) is 30.4. The van der Waals surface area contributed by atoms with Gasteiger partial charge in [-0.15, -0.1) is 0 Å². The van der Waals surface area contributed by atoms with Crippen LogP contribution in [0, 0.1) is 0 Å².